The van der Waals surface area contributed by atoms with Crippen molar-refractivity contribution in [3.05, 3.63) is 75.7 Å². The van der Waals surface area contributed by atoms with Crippen molar-refractivity contribution >= 4 is 28.8 Å². The van der Waals surface area contributed by atoms with Gasteiger partial charge in [0.1, 0.15) is 5.01 Å². The third-order valence-electron chi connectivity index (χ3n) is 4.18. The van der Waals surface area contributed by atoms with Gasteiger partial charge in [0.25, 0.3) is 11.8 Å². The van der Waals surface area contributed by atoms with Crippen LogP contribution in [0.4, 0.5) is 5.69 Å². The minimum absolute atomic E-state index is 0.0946. The Bertz CT molecular complexity index is 939. The average molecular weight is 395 g/mol. The summed E-state index contributed by atoms with van der Waals surface area (Å²) >= 11 is 1.30. The second-order valence-electron chi connectivity index (χ2n) is 6.39. The Labute approximate surface area is 168 Å². The Balaban J connectivity index is 1.59. The lowest BCUT2D eigenvalue weighted by atomic mass is 10.1. The van der Waals surface area contributed by atoms with Gasteiger partial charge in [-0.25, -0.2) is 0 Å². The minimum Gasteiger partial charge on any atom is -0.346 e. The molecule has 144 valence electrons. The van der Waals surface area contributed by atoms with E-state index < -0.39 is 0 Å². The summed E-state index contributed by atoms with van der Waals surface area (Å²) in [5.74, 6) is -0.461. The van der Waals surface area contributed by atoms with Gasteiger partial charge in [0.2, 0.25) is 5.01 Å². The molecule has 0 unspecified atom stereocenters. The van der Waals surface area contributed by atoms with E-state index in [9.17, 15) is 9.59 Å². The molecule has 0 bridgehead atoms. The second-order valence-corrected chi connectivity index (χ2v) is 7.45. The molecule has 0 fully saturated rings. The molecule has 7 heteroatoms. The van der Waals surface area contributed by atoms with Crippen LogP contribution < -0.4 is 10.6 Å². The Kier molecular flexibility index (Phi) is 6.49. The number of hydrogen-bond acceptors (Lipinski definition) is 5. The fourth-order valence-corrected chi connectivity index (χ4v) is 3.49. The van der Waals surface area contributed by atoms with E-state index in [1.54, 1.807) is 24.3 Å². The van der Waals surface area contributed by atoms with Gasteiger partial charge in [0, 0.05) is 17.7 Å². The van der Waals surface area contributed by atoms with Crippen LogP contribution in [0.25, 0.3) is 0 Å². The summed E-state index contributed by atoms with van der Waals surface area (Å²) < 4.78 is 0. The van der Waals surface area contributed by atoms with E-state index in [4.69, 9.17) is 0 Å². The number of anilines is 1. The van der Waals surface area contributed by atoms with Crippen molar-refractivity contribution < 1.29 is 9.59 Å². The molecule has 2 amide bonds. The van der Waals surface area contributed by atoms with E-state index in [1.165, 1.54) is 11.3 Å². The van der Waals surface area contributed by atoms with Gasteiger partial charge in [-0.2, -0.15) is 0 Å². The quantitative estimate of drug-likeness (QED) is 0.628. The molecule has 1 aromatic heterocycles. The smallest absolute Gasteiger partial charge is 0.286 e. The Morgan fingerprint density at radius 3 is 2.39 bits per heavy atom. The first kappa shape index (κ1) is 19.7. The monoisotopic (exact) mass is 394 g/mol. The zero-order valence-electron chi connectivity index (χ0n) is 15.8. The number of nitrogens with zero attached hydrogens (tertiary/aromatic N) is 2. The number of aromatic nitrogens is 2. The molecule has 28 heavy (non-hydrogen) atoms. The molecule has 0 radical (unpaired) electrons. The van der Waals surface area contributed by atoms with Gasteiger partial charge in [-0.3, -0.25) is 9.59 Å². The summed E-state index contributed by atoms with van der Waals surface area (Å²) in [6.07, 6.45) is 1.78. The van der Waals surface area contributed by atoms with Crippen LogP contribution in [0.3, 0.4) is 0 Å². The fourth-order valence-electron chi connectivity index (χ4n) is 2.65. The largest absolute Gasteiger partial charge is 0.346 e. The van der Waals surface area contributed by atoms with Crippen LogP contribution in [0, 0.1) is 0 Å². The minimum atomic E-state index is -0.297. The normalized spacial score (nSPS) is 11.6. The van der Waals surface area contributed by atoms with Gasteiger partial charge < -0.3 is 10.6 Å². The maximum atomic E-state index is 12.4. The Morgan fingerprint density at radius 2 is 1.71 bits per heavy atom. The first-order valence-electron chi connectivity index (χ1n) is 9.16. The summed E-state index contributed by atoms with van der Waals surface area (Å²) in [4.78, 5) is 24.7. The van der Waals surface area contributed by atoms with Gasteiger partial charge >= 0.3 is 0 Å². The molecule has 0 saturated carbocycles. The summed E-state index contributed by atoms with van der Waals surface area (Å²) in [6, 6.07) is 16.5. The van der Waals surface area contributed by atoms with Crippen molar-refractivity contribution in [1.82, 2.24) is 15.5 Å². The van der Waals surface area contributed by atoms with E-state index in [0.29, 0.717) is 16.3 Å². The number of benzene rings is 2. The lowest BCUT2D eigenvalue weighted by molar-refractivity contribution is 0.0939. The highest BCUT2D eigenvalue weighted by Crippen LogP contribution is 2.16. The lowest BCUT2D eigenvalue weighted by Gasteiger charge is -2.14. The standard InChI is InChI=1S/C21H22N4O2S/c1-3-7-18-24-25-21(28-18)20(27)23-17-12-10-16(11-13-17)19(26)22-14(2)15-8-5-4-6-9-15/h4-6,8-14H,3,7H2,1-2H3,(H,22,26)(H,23,27)/t14-/m0/s1. The molecule has 0 aliphatic heterocycles. The zero-order valence-corrected chi connectivity index (χ0v) is 16.6. The van der Waals surface area contributed by atoms with E-state index >= 15 is 0 Å². The lowest BCUT2D eigenvalue weighted by Crippen LogP contribution is -2.26. The molecule has 0 aliphatic carbocycles. The number of carbonyl (C=O) groups is 2. The van der Waals surface area contributed by atoms with Gasteiger partial charge in [0.05, 0.1) is 6.04 Å². The fraction of sp³-hybridized carbons (Fsp3) is 0.238. The first-order chi connectivity index (χ1) is 13.6. The third kappa shape index (κ3) is 5.01. The van der Waals surface area contributed by atoms with Crippen molar-refractivity contribution in [2.24, 2.45) is 0 Å². The summed E-state index contributed by atoms with van der Waals surface area (Å²) in [5.41, 5.74) is 2.17. The van der Waals surface area contributed by atoms with Gasteiger partial charge in [0.15, 0.2) is 0 Å². The molecular weight excluding hydrogens is 372 g/mol. The van der Waals surface area contributed by atoms with E-state index in [0.717, 1.165) is 23.4 Å². The molecule has 2 aromatic carbocycles. The van der Waals surface area contributed by atoms with Crippen LogP contribution in [0.1, 0.15) is 57.0 Å². The van der Waals surface area contributed by atoms with Gasteiger partial charge in [-0.1, -0.05) is 48.6 Å². The van der Waals surface area contributed by atoms with Crippen LogP contribution in [-0.2, 0) is 6.42 Å². The molecule has 0 spiro atoms. The Morgan fingerprint density at radius 1 is 1.00 bits per heavy atom. The maximum Gasteiger partial charge on any atom is 0.286 e. The number of aryl methyl sites for hydroxylation is 1. The maximum absolute atomic E-state index is 12.4. The van der Waals surface area contributed by atoms with Gasteiger partial charge in [-0.05, 0) is 43.2 Å². The Hall–Kier alpha value is -3.06. The van der Waals surface area contributed by atoms with Crippen LogP contribution >= 0.6 is 11.3 Å². The number of amides is 2. The van der Waals surface area contributed by atoms with Crippen molar-refractivity contribution in [1.29, 1.82) is 0 Å². The molecule has 0 aliphatic rings. The number of nitrogens with one attached hydrogen (secondary N) is 2. The van der Waals surface area contributed by atoms with Crippen LogP contribution in [0.15, 0.2) is 54.6 Å². The first-order valence-corrected chi connectivity index (χ1v) is 9.98. The number of rotatable bonds is 7. The molecular formula is C21H22N4O2S. The second kappa shape index (κ2) is 9.23. The summed E-state index contributed by atoms with van der Waals surface area (Å²) in [6.45, 7) is 4.00. The van der Waals surface area contributed by atoms with E-state index in [-0.39, 0.29) is 17.9 Å². The van der Waals surface area contributed by atoms with Crippen molar-refractivity contribution in [2.75, 3.05) is 5.32 Å². The summed E-state index contributed by atoms with van der Waals surface area (Å²) in [5, 5.41) is 14.9. The predicted molar refractivity (Wildman–Crippen MR) is 111 cm³/mol. The van der Waals surface area contributed by atoms with Crippen molar-refractivity contribution in [3.8, 4) is 0 Å². The highest BCUT2D eigenvalue weighted by atomic mass is 32.1. The van der Waals surface area contributed by atoms with Crippen molar-refractivity contribution in [3.63, 3.8) is 0 Å². The summed E-state index contributed by atoms with van der Waals surface area (Å²) in [7, 11) is 0. The highest BCUT2D eigenvalue weighted by molar-refractivity contribution is 7.13. The number of carbonyl (C=O) groups excluding carboxylic acids is 2. The molecule has 2 N–H and O–H groups in total. The zero-order chi connectivity index (χ0) is 19.9. The van der Waals surface area contributed by atoms with E-state index in [2.05, 4.69) is 27.8 Å². The molecule has 1 atom stereocenters. The molecule has 6 nitrogen and oxygen atoms in total. The van der Waals surface area contributed by atoms with Gasteiger partial charge in [-0.15, -0.1) is 10.2 Å². The van der Waals surface area contributed by atoms with Crippen LogP contribution in [0.5, 0.6) is 0 Å². The predicted octanol–water partition coefficient (Wildman–Crippen LogP) is 4.23. The van der Waals surface area contributed by atoms with Crippen LogP contribution in [0.2, 0.25) is 0 Å². The molecule has 1 heterocycles. The van der Waals surface area contributed by atoms with E-state index in [1.807, 2.05) is 37.3 Å². The highest BCUT2D eigenvalue weighted by Gasteiger charge is 2.14. The SMILES string of the molecule is CCCc1nnc(C(=O)Nc2ccc(C(=O)N[C@@H](C)c3ccccc3)cc2)s1. The average Bonchev–Trinajstić information content (AvgIpc) is 3.18. The topological polar surface area (TPSA) is 84.0 Å². The third-order valence-corrected chi connectivity index (χ3v) is 5.16. The molecule has 0 saturated heterocycles. The van der Waals surface area contributed by atoms with Crippen LogP contribution in [-0.4, -0.2) is 22.0 Å². The molecule has 3 rings (SSSR count). The number of hydrogen-bond donors (Lipinski definition) is 2. The van der Waals surface area contributed by atoms with Crippen molar-refractivity contribution in [2.45, 2.75) is 32.7 Å². The molecule has 3 aromatic rings.